The fraction of sp³-hybridized carbons (Fsp3) is 0.355. The zero-order chi connectivity index (χ0) is 28.5. The van der Waals surface area contributed by atoms with E-state index in [1.54, 1.807) is 11.8 Å². The highest BCUT2D eigenvalue weighted by Gasteiger charge is 2.38. The summed E-state index contributed by atoms with van der Waals surface area (Å²) in [7, 11) is 0. The lowest BCUT2D eigenvalue weighted by molar-refractivity contribution is -0.268. The predicted molar refractivity (Wildman–Crippen MR) is 157 cm³/mol. The summed E-state index contributed by atoms with van der Waals surface area (Å²) in [5, 5.41) is 17.8. The second-order valence-corrected chi connectivity index (χ2v) is 10.9. The van der Waals surface area contributed by atoms with Crippen LogP contribution in [0.5, 0.6) is 0 Å². The van der Waals surface area contributed by atoms with Gasteiger partial charge in [-0.3, -0.25) is 4.79 Å². The molecule has 3 aromatic rings. The van der Waals surface area contributed by atoms with Crippen molar-refractivity contribution in [2.75, 3.05) is 17.6 Å². The number of ether oxygens (including phenoxy) is 2. The zero-order valence-electron chi connectivity index (χ0n) is 23.1. The molecular weight excluding hydrogens is 526 g/mol. The molecule has 4 rings (SSSR count). The Morgan fingerprint density at radius 2 is 1.52 bits per heavy atom. The first-order valence-electron chi connectivity index (χ1n) is 13.5. The van der Waals surface area contributed by atoms with Gasteiger partial charge in [-0.05, 0) is 47.9 Å². The summed E-state index contributed by atoms with van der Waals surface area (Å²) in [6.45, 7) is 6.51. The molecule has 4 N–H and O–H groups in total. The number of hydrogen-bond donors (Lipinski definition) is 4. The molecule has 1 aliphatic rings. The van der Waals surface area contributed by atoms with Crippen molar-refractivity contribution in [3.05, 3.63) is 95.1 Å². The number of urea groups is 1. The molecule has 9 heteroatoms. The number of hydrogen-bond acceptors (Lipinski definition) is 6. The van der Waals surface area contributed by atoms with E-state index in [1.807, 2.05) is 79.7 Å². The van der Waals surface area contributed by atoms with Gasteiger partial charge in [0.05, 0.1) is 18.8 Å². The third kappa shape index (κ3) is 8.08. The second-order valence-electron chi connectivity index (χ2n) is 9.79. The number of carbonyl (C=O) groups is 2. The monoisotopic (exact) mass is 563 g/mol. The Hall–Kier alpha value is -3.37. The molecule has 1 saturated heterocycles. The van der Waals surface area contributed by atoms with Crippen molar-refractivity contribution in [1.82, 2.24) is 10.6 Å². The molecule has 0 saturated carbocycles. The molecule has 40 heavy (non-hydrogen) atoms. The maximum Gasteiger partial charge on any atom is 0.315 e. The fourth-order valence-electron chi connectivity index (χ4n) is 4.52. The number of aliphatic hydroxyl groups excluding tert-OH is 1. The first-order chi connectivity index (χ1) is 19.4. The highest BCUT2D eigenvalue weighted by Crippen LogP contribution is 2.43. The summed E-state index contributed by atoms with van der Waals surface area (Å²) in [4.78, 5) is 24.1. The van der Waals surface area contributed by atoms with Crippen molar-refractivity contribution in [2.24, 2.45) is 5.92 Å². The highest BCUT2D eigenvalue weighted by molar-refractivity contribution is 7.99. The molecule has 212 valence electrons. The summed E-state index contributed by atoms with van der Waals surface area (Å²) in [6, 6.07) is 23.4. The maximum atomic E-state index is 11.7. The van der Waals surface area contributed by atoms with Crippen LogP contribution in [0.2, 0.25) is 0 Å². The minimum absolute atomic E-state index is 0.00556. The molecular formula is C31H37N3O5S. The van der Waals surface area contributed by atoms with Crippen LogP contribution in [0.4, 0.5) is 10.5 Å². The number of thioether (sulfide) groups is 1. The molecule has 0 unspecified atom stereocenters. The standard InChI is InChI=1S/C31H37N3O5S/c1-4-32-31(37)33-17-22-5-11-25(12-6-22)30-38-28(19-40-27-15-13-26(14-16-27)34-21(3)36)20(2)29(39-30)24-9-7-23(18-35)8-10-24/h5-16,20,28-30,35H,4,17-19H2,1-3H3,(H,34,36)(H2,32,33,37)/t20-,28+,29+,30+/m1/s1. The van der Waals surface area contributed by atoms with Crippen LogP contribution in [0, 0.1) is 5.92 Å². The molecule has 1 fully saturated rings. The summed E-state index contributed by atoms with van der Waals surface area (Å²) in [5.41, 5.74) is 4.54. The van der Waals surface area contributed by atoms with E-state index in [1.165, 1.54) is 6.92 Å². The third-order valence-corrected chi connectivity index (χ3v) is 7.86. The van der Waals surface area contributed by atoms with Crippen LogP contribution in [0.15, 0.2) is 77.7 Å². The van der Waals surface area contributed by atoms with Crippen molar-refractivity contribution in [1.29, 1.82) is 0 Å². The molecule has 1 heterocycles. The molecule has 4 atom stereocenters. The molecule has 3 amide bonds. The Labute approximate surface area is 239 Å². The van der Waals surface area contributed by atoms with Gasteiger partial charge in [-0.2, -0.15) is 0 Å². The van der Waals surface area contributed by atoms with Gasteiger partial charge in [0.15, 0.2) is 6.29 Å². The van der Waals surface area contributed by atoms with Crippen molar-refractivity contribution in [3.63, 3.8) is 0 Å². The number of amides is 3. The van der Waals surface area contributed by atoms with Crippen LogP contribution in [-0.4, -0.2) is 35.4 Å². The van der Waals surface area contributed by atoms with E-state index < -0.39 is 6.29 Å². The molecule has 3 aromatic carbocycles. The quantitative estimate of drug-likeness (QED) is 0.241. The largest absolute Gasteiger partial charge is 0.392 e. The topological polar surface area (TPSA) is 109 Å². The minimum Gasteiger partial charge on any atom is -0.392 e. The molecule has 0 radical (unpaired) electrons. The van der Waals surface area contributed by atoms with Gasteiger partial charge in [0.2, 0.25) is 5.91 Å². The van der Waals surface area contributed by atoms with Crippen LogP contribution in [0.1, 0.15) is 55.4 Å². The van der Waals surface area contributed by atoms with Gasteiger partial charge >= 0.3 is 6.03 Å². The summed E-state index contributed by atoms with van der Waals surface area (Å²) in [6.07, 6.45) is -0.851. The van der Waals surface area contributed by atoms with Crippen LogP contribution >= 0.6 is 11.8 Å². The predicted octanol–water partition coefficient (Wildman–Crippen LogP) is 5.54. The van der Waals surface area contributed by atoms with Crippen LogP contribution in [0.25, 0.3) is 0 Å². The van der Waals surface area contributed by atoms with Crippen LogP contribution < -0.4 is 16.0 Å². The van der Waals surface area contributed by atoms with E-state index in [9.17, 15) is 14.7 Å². The van der Waals surface area contributed by atoms with Gasteiger partial charge in [0.1, 0.15) is 0 Å². The van der Waals surface area contributed by atoms with E-state index in [0.29, 0.717) is 13.1 Å². The van der Waals surface area contributed by atoms with E-state index in [0.717, 1.165) is 38.6 Å². The van der Waals surface area contributed by atoms with Crippen LogP contribution in [-0.2, 0) is 27.4 Å². The smallest absolute Gasteiger partial charge is 0.315 e. The lowest BCUT2D eigenvalue weighted by atomic mass is 9.91. The lowest BCUT2D eigenvalue weighted by Crippen LogP contribution is -2.38. The molecule has 0 bridgehead atoms. The first kappa shape index (κ1) is 29.6. The number of nitrogens with one attached hydrogen (secondary N) is 3. The van der Waals surface area contributed by atoms with E-state index in [2.05, 4.69) is 22.9 Å². The molecule has 0 spiro atoms. The minimum atomic E-state index is -0.558. The Morgan fingerprint density at radius 3 is 2.15 bits per heavy atom. The number of benzene rings is 3. The Kier molecular flexibility index (Phi) is 10.6. The zero-order valence-corrected chi connectivity index (χ0v) is 23.9. The van der Waals surface area contributed by atoms with E-state index in [-0.39, 0.29) is 36.7 Å². The first-order valence-corrected chi connectivity index (χ1v) is 14.5. The van der Waals surface area contributed by atoms with Gasteiger partial charge < -0.3 is 30.5 Å². The average Bonchev–Trinajstić information content (AvgIpc) is 2.96. The van der Waals surface area contributed by atoms with Crippen molar-refractivity contribution < 1.29 is 24.2 Å². The normalized spacial score (nSPS) is 20.5. The number of anilines is 1. The lowest BCUT2D eigenvalue weighted by Gasteiger charge is -2.41. The van der Waals surface area contributed by atoms with Crippen molar-refractivity contribution >= 4 is 29.4 Å². The molecule has 0 aromatic heterocycles. The van der Waals surface area contributed by atoms with E-state index in [4.69, 9.17) is 9.47 Å². The summed E-state index contributed by atoms with van der Waals surface area (Å²) < 4.78 is 13.1. The molecule has 8 nitrogen and oxygen atoms in total. The SMILES string of the molecule is CCNC(=O)NCc1ccc([C@H]2O[C@@H](CSc3ccc(NC(C)=O)cc3)[C@@H](C)[C@@H](c3ccc(CO)cc3)O2)cc1. The fourth-order valence-corrected chi connectivity index (χ4v) is 5.59. The van der Waals surface area contributed by atoms with Crippen molar-refractivity contribution in [3.8, 4) is 0 Å². The Balaban J connectivity index is 1.49. The third-order valence-electron chi connectivity index (χ3n) is 6.75. The Bertz CT molecular complexity index is 1250. The maximum absolute atomic E-state index is 11.7. The van der Waals surface area contributed by atoms with Gasteiger partial charge in [-0.15, -0.1) is 11.8 Å². The van der Waals surface area contributed by atoms with Crippen molar-refractivity contribution in [2.45, 2.75) is 57.3 Å². The van der Waals surface area contributed by atoms with Gasteiger partial charge in [-0.1, -0.05) is 55.5 Å². The Morgan fingerprint density at radius 1 is 0.875 bits per heavy atom. The summed E-state index contributed by atoms with van der Waals surface area (Å²) in [5.74, 6) is 0.698. The van der Waals surface area contributed by atoms with Crippen LogP contribution in [0.3, 0.4) is 0 Å². The number of aliphatic hydroxyl groups is 1. The number of carbonyl (C=O) groups excluding carboxylic acids is 2. The van der Waals surface area contributed by atoms with E-state index >= 15 is 0 Å². The second kappa shape index (κ2) is 14.3. The highest BCUT2D eigenvalue weighted by atomic mass is 32.2. The average molecular weight is 564 g/mol. The number of rotatable bonds is 10. The van der Waals surface area contributed by atoms with Gasteiger partial charge in [-0.25, -0.2) is 4.79 Å². The molecule has 0 aliphatic carbocycles. The summed E-state index contributed by atoms with van der Waals surface area (Å²) >= 11 is 1.70. The molecule has 1 aliphatic heterocycles. The van der Waals surface area contributed by atoms with Gasteiger partial charge in [0, 0.05) is 47.8 Å². The van der Waals surface area contributed by atoms with Gasteiger partial charge in [0.25, 0.3) is 0 Å².